The van der Waals surface area contributed by atoms with Crippen molar-refractivity contribution in [3.8, 4) is 0 Å². The third-order valence-electron chi connectivity index (χ3n) is 5.17. The van der Waals surface area contributed by atoms with E-state index in [1.165, 1.54) is 0 Å². The monoisotopic (exact) mass is 391 g/mol. The van der Waals surface area contributed by atoms with Crippen LogP contribution in [-0.4, -0.2) is 63.0 Å². The van der Waals surface area contributed by atoms with Crippen LogP contribution in [0.15, 0.2) is 61.3 Å². The fourth-order valence-corrected chi connectivity index (χ4v) is 3.60. The van der Waals surface area contributed by atoms with Gasteiger partial charge < -0.3 is 14.8 Å². The summed E-state index contributed by atoms with van der Waals surface area (Å²) in [6.07, 6.45) is 8.80. The van der Waals surface area contributed by atoms with Crippen molar-refractivity contribution in [3.05, 3.63) is 72.7 Å². The van der Waals surface area contributed by atoms with E-state index in [0.717, 1.165) is 43.4 Å². The van der Waals surface area contributed by atoms with E-state index in [1.807, 2.05) is 48.1 Å². The lowest BCUT2D eigenvalue weighted by Gasteiger charge is -2.35. The quantitative estimate of drug-likeness (QED) is 0.681. The molecule has 1 amide bonds. The van der Waals surface area contributed by atoms with Gasteiger partial charge in [-0.2, -0.15) is 0 Å². The van der Waals surface area contributed by atoms with E-state index in [-0.39, 0.29) is 11.9 Å². The Morgan fingerprint density at radius 2 is 1.86 bits per heavy atom. The second kappa shape index (κ2) is 8.83. The van der Waals surface area contributed by atoms with Crippen molar-refractivity contribution < 1.29 is 4.79 Å². The van der Waals surface area contributed by atoms with Crippen LogP contribution < -0.4 is 10.2 Å². The summed E-state index contributed by atoms with van der Waals surface area (Å²) in [7, 11) is 1.94. The number of carbonyl (C=O) groups is 1. The average molecular weight is 391 g/mol. The normalized spacial score (nSPS) is 15.8. The first kappa shape index (κ1) is 19.1. The Labute approximate surface area is 170 Å². The maximum Gasteiger partial charge on any atom is 0.235 e. The van der Waals surface area contributed by atoms with Gasteiger partial charge in [-0.05, 0) is 5.56 Å². The summed E-state index contributed by atoms with van der Waals surface area (Å²) in [5.74, 6) is 1.70. The predicted octanol–water partition coefficient (Wildman–Crippen LogP) is 1.24. The average Bonchev–Trinajstić information content (AvgIpc) is 3.19. The van der Waals surface area contributed by atoms with Crippen molar-refractivity contribution >= 4 is 11.7 Å². The van der Waals surface area contributed by atoms with Crippen LogP contribution in [0.2, 0.25) is 0 Å². The van der Waals surface area contributed by atoms with Gasteiger partial charge in [-0.25, -0.2) is 9.97 Å². The molecule has 4 rings (SSSR count). The first-order valence-electron chi connectivity index (χ1n) is 9.75. The molecule has 0 unspecified atom stereocenters. The van der Waals surface area contributed by atoms with E-state index in [9.17, 15) is 4.79 Å². The minimum Gasteiger partial charge on any atom is -0.353 e. The van der Waals surface area contributed by atoms with Crippen LogP contribution in [-0.2, 0) is 11.8 Å². The maximum absolute atomic E-state index is 12.8. The Kier molecular flexibility index (Phi) is 5.81. The molecule has 8 nitrogen and oxygen atoms in total. The summed E-state index contributed by atoms with van der Waals surface area (Å²) in [5.41, 5.74) is 1.02. The first-order valence-corrected chi connectivity index (χ1v) is 9.75. The number of anilines is 1. The number of hydrogen-bond acceptors (Lipinski definition) is 6. The zero-order chi connectivity index (χ0) is 20.1. The molecule has 0 aliphatic carbocycles. The zero-order valence-electron chi connectivity index (χ0n) is 16.5. The molecule has 1 aliphatic rings. The molecule has 1 saturated heterocycles. The van der Waals surface area contributed by atoms with Crippen LogP contribution in [0, 0.1) is 0 Å². The van der Waals surface area contributed by atoms with Crippen LogP contribution >= 0.6 is 0 Å². The second-order valence-corrected chi connectivity index (χ2v) is 7.13. The van der Waals surface area contributed by atoms with E-state index in [1.54, 1.807) is 24.8 Å². The number of rotatable bonds is 6. The van der Waals surface area contributed by atoms with Gasteiger partial charge in [0.2, 0.25) is 5.91 Å². The van der Waals surface area contributed by atoms with Gasteiger partial charge in [0.1, 0.15) is 17.7 Å². The van der Waals surface area contributed by atoms with Crippen molar-refractivity contribution in [2.45, 2.75) is 6.04 Å². The molecule has 0 bridgehead atoms. The van der Waals surface area contributed by atoms with Gasteiger partial charge in [-0.1, -0.05) is 30.3 Å². The number of aromatic nitrogens is 4. The first-order chi connectivity index (χ1) is 14.2. The highest BCUT2D eigenvalue weighted by Gasteiger charge is 2.24. The van der Waals surface area contributed by atoms with Gasteiger partial charge in [-0.15, -0.1) is 0 Å². The third-order valence-corrected chi connectivity index (χ3v) is 5.17. The summed E-state index contributed by atoms with van der Waals surface area (Å²) >= 11 is 0. The Morgan fingerprint density at radius 3 is 2.52 bits per heavy atom. The van der Waals surface area contributed by atoms with Crippen LogP contribution in [0.3, 0.4) is 0 Å². The number of amides is 1. The summed E-state index contributed by atoms with van der Waals surface area (Å²) in [6.45, 7) is 3.63. The van der Waals surface area contributed by atoms with Gasteiger partial charge in [-0.3, -0.25) is 14.7 Å². The Bertz CT molecular complexity index is 920. The van der Waals surface area contributed by atoms with Crippen LogP contribution in [0.1, 0.15) is 17.4 Å². The van der Waals surface area contributed by atoms with Crippen LogP contribution in [0.25, 0.3) is 0 Å². The van der Waals surface area contributed by atoms with Gasteiger partial charge in [0.25, 0.3) is 0 Å². The molecule has 2 aromatic heterocycles. The molecule has 1 aliphatic heterocycles. The smallest absolute Gasteiger partial charge is 0.235 e. The molecule has 1 aromatic carbocycles. The fraction of sp³-hybridized carbons (Fsp3) is 0.333. The Balaban J connectivity index is 1.37. The Hall–Kier alpha value is -3.26. The number of benzene rings is 1. The lowest BCUT2D eigenvalue weighted by Crippen LogP contribution is -2.50. The summed E-state index contributed by atoms with van der Waals surface area (Å²) in [6, 6.07) is 9.67. The van der Waals surface area contributed by atoms with Gasteiger partial charge >= 0.3 is 0 Å². The van der Waals surface area contributed by atoms with E-state index in [4.69, 9.17) is 0 Å². The van der Waals surface area contributed by atoms with Crippen LogP contribution in [0.4, 0.5) is 5.82 Å². The summed E-state index contributed by atoms with van der Waals surface area (Å²) in [4.78, 5) is 30.1. The lowest BCUT2D eigenvalue weighted by atomic mass is 10.1. The number of nitrogens with one attached hydrogen (secondary N) is 1. The number of piperazine rings is 1. The summed E-state index contributed by atoms with van der Waals surface area (Å²) in [5, 5.41) is 3.17. The standard InChI is InChI=1S/C21H25N7O/c1-26-10-9-24-21(26)20(17-5-3-2-4-6-17)25-19(29)16-27-11-13-28(14-12-27)18-15-22-7-8-23-18/h2-10,15,20H,11-14,16H2,1H3,(H,25,29)/t20-/m0/s1. The molecule has 1 fully saturated rings. The lowest BCUT2D eigenvalue weighted by molar-refractivity contribution is -0.122. The molecule has 29 heavy (non-hydrogen) atoms. The molecule has 3 heterocycles. The highest BCUT2D eigenvalue weighted by Crippen LogP contribution is 2.20. The maximum atomic E-state index is 12.8. The minimum absolute atomic E-state index is 0.00481. The van der Waals surface area contributed by atoms with Gasteiger partial charge in [0.15, 0.2) is 0 Å². The second-order valence-electron chi connectivity index (χ2n) is 7.13. The van der Waals surface area contributed by atoms with Crippen molar-refractivity contribution in [3.63, 3.8) is 0 Å². The minimum atomic E-state index is -0.274. The molecule has 3 aromatic rings. The summed E-state index contributed by atoms with van der Waals surface area (Å²) < 4.78 is 1.94. The van der Waals surface area contributed by atoms with Crippen molar-refractivity contribution in [2.75, 3.05) is 37.6 Å². The van der Waals surface area contributed by atoms with Gasteiger partial charge in [0, 0.05) is 58.0 Å². The number of imidazole rings is 1. The van der Waals surface area contributed by atoms with Crippen molar-refractivity contribution in [1.82, 2.24) is 29.7 Å². The molecule has 0 saturated carbocycles. The number of aryl methyl sites for hydroxylation is 1. The SMILES string of the molecule is Cn1ccnc1[C@@H](NC(=O)CN1CCN(c2cnccn2)CC1)c1ccccc1. The number of nitrogens with zero attached hydrogens (tertiary/aromatic N) is 6. The topological polar surface area (TPSA) is 79.2 Å². The van der Waals surface area contributed by atoms with Crippen LogP contribution in [0.5, 0.6) is 0 Å². The zero-order valence-corrected chi connectivity index (χ0v) is 16.5. The largest absolute Gasteiger partial charge is 0.353 e. The van der Waals surface area contributed by atoms with Gasteiger partial charge in [0.05, 0.1) is 12.7 Å². The van der Waals surface area contributed by atoms with E-state index in [2.05, 4.69) is 30.1 Å². The molecule has 1 atom stereocenters. The predicted molar refractivity (Wildman–Crippen MR) is 110 cm³/mol. The molecular formula is C21H25N7O. The molecule has 150 valence electrons. The molecule has 8 heteroatoms. The highest BCUT2D eigenvalue weighted by atomic mass is 16.2. The molecule has 0 spiro atoms. The molecule has 1 N–H and O–H groups in total. The number of hydrogen-bond donors (Lipinski definition) is 1. The highest BCUT2D eigenvalue weighted by molar-refractivity contribution is 5.79. The third kappa shape index (κ3) is 4.60. The van der Waals surface area contributed by atoms with E-state index >= 15 is 0 Å². The Morgan fingerprint density at radius 1 is 1.07 bits per heavy atom. The number of carbonyl (C=O) groups excluding carboxylic acids is 1. The van der Waals surface area contributed by atoms with Crippen molar-refractivity contribution in [2.24, 2.45) is 7.05 Å². The van der Waals surface area contributed by atoms with E-state index < -0.39 is 0 Å². The van der Waals surface area contributed by atoms with E-state index in [0.29, 0.717) is 6.54 Å². The molecule has 0 radical (unpaired) electrons. The molecular weight excluding hydrogens is 366 g/mol. The fourth-order valence-electron chi connectivity index (χ4n) is 3.60. The van der Waals surface area contributed by atoms with Crippen molar-refractivity contribution in [1.29, 1.82) is 0 Å².